The highest BCUT2D eigenvalue weighted by Crippen LogP contribution is 2.16. The van der Waals surface area contributed by atoms with E-state index in [9.17, 15) is 9.59 Å². The van der Waals surface area contributed by atoms with Crippen molar-refractivity contribution in [3.05, 3.63) is 23.5 Å². The van der Waals surface area contributed by atoms with Gasteiger partial charge in [-0.3, -0.25) is 9.59 Å². The molecule has 0 saturated heterocycles. The molecule has 1 aromatic heterocycles. The molecule has 2 amide bonds. The van der Waals surface area contributed by atoms with Gasteiger partial charge in [-0.2, -0.15) is 0 Å². The molecule has 0 fully saturated rings. The van der Waals surface area contributed by atoms with Crippen LogP contribution in [0.5, 0.6) is 0 Å². The summed E-state index contributed by atoms with van der Waals surface area (Å²) in [5.74, 6) is 0.405. The zero-order chi connectivity index (χ0) is 13.8. The number of hydrogen-bond donors (Lipinski definition) is 2. The molecule has 0 unspecified atom stereocenters. The van der Waals surface area contributed by atoms with Crippen LogP contribution in [0.15, 0.2) is 12.3 Å². The molecule has 2 N–H and O–H groups in total. The molecule has 1 aromatic rings. The summed E-state index contributed by atoms with van der Waals surface area (Å²) in [7, 11) is 0. The summed E-state index contributed by atoms with van der Waals surface area (Å²) in [6.07, 6.45) is 3.57. The van der Waals surface area contributed by atoms with Crippen molar-refractivity contribution in [2.45, 2.75) is 33.2 Å². The van der Waals surface area contributed by atoms with Crippen LogP contribution in [0.1, 0.15) is 36.3 Å². The van der Waals surface area contributed by atoms with Crippen LogP contribution in [-0.2, 0) is 17.8 Å². The first-order chi connectivity index (χ1) is 9.08. The zero-order valence-corrected chi connectivity index (χ0v) is 11.5. The van der Waals surface area contributed by atoms with Crippen LogP contribution in [0.3, 0.4) is 0 Å². The molecule has 5 heteroatoms. The Bertz CT molecular complexity index is 477. The van der Waals surface area contributed by atoms with Gasteiger partial charge in [0.05, 0.1) is 5.56 Å². The second kappa shape index (κ2) is 5.91. The fourth-order valence-corrected chi connectivity index (χ4v) is 2.22. The molecule has 2 rings (SSSR count). The Balaban J connectivity index is 2.05. The van der Waals surface area contributed by atoms with Gasteiger partial charge >= 0.3 is 0 Å². The Kier molecular flexibility index (Phi) is 4.24. The maximum absolute atomic E-state index is 11.8. The third-order valence-corrected chi connectivity index (χ3v) is 3.22. The number of carbonyl (C=O) groups is 2. The van der Waals surface area contributed by atoms with Gasteiger partial charge in [0.2, 0.25) is 5.91 Å². The van der Waals surface area contributed by atoms with E-state index in [0.717, 1.165) is 18.5 Å². The number of rotatable bonds is 4. The van der Waals surface area contributed by atoms with Crippen molar-refractivity contribution in [1.29, 1.82) is 0 Å². The second-order valence-corrected chi connectivity index (χ2v) is 5.36. The molecule has 2 heterocycles. The van der Waals surface area contributed by atoms with Crippen LogP contribution in [0.4, 0.5) is 0 Å². The Morgan fingerprint density at radius 3 is 3.05 bits per heavy atom. The van der Waals surface area contributed by atoms with Gasteiger partial charge in [-0.15, -0.1) is 0 Å². The van der Waals surface area contributed by atoms with Crippen LogP contribution in [-0.4, -0.2) is 29.5 Å². The SMILES string of the molecule is CC(C)CNC(=O)Cn1ccc2c1CCCNC2=O. The Hall–Kier alpha value is -1.78. The minimum absolute atomic E-state index is 0.00300. The highest BCUT2D eigenvalue weighted by Gasteiger charge is 2.19. The first-order valence-electron chi connectivity index (χ1n) is 6.81. The molecule has 5 nitrogen and oxygen atoms in total. The topological polar surface area (TPSA) is 63.1 Å². The number of amides is 2. The summed E-state index contributed by atoms with van der Waals surface area (Å²) >= 11 is 0. The van der Waals surface area contributed by atoms with Crippen LogP contribution in [0.2, 0.25) is 0 Å². The standard InChI is InChI=1S/C14H21N3O2/c1-10(2)8-16-13(18)9-17-7-5-11-12(17)4-3-6-15-14(11)19/h5,7,10H,3-4,6,8-9H2,1-2H3,(H,15,19)(H,16,18). The molecule has 0 bridgehead atoms. The molecule has 0 atom stereocenters. The Morgan fingerprint density at radius 1 is 1.53 bits per heavy atom. The van der Waals surface area contributed by atoms with E-state index in [1.807, 2.05) is 10.8 Å². The van der Waals surface area contributed by atoms with Crippen molar-refractivity contribution in [3.8, 4) is 0 Å². The van der Waals surface area contributed by atoms with Crippen LogP contribution in [0, 0.1) is 5.92 Å². The van der Waals surface area contributed by atoms with E-state index in [1.165, 1.54) is 0 Å². The second-order valence-electron chi connectivity index (χ2n) is 5.36. The molecule has 0 saturated carbocycles. The summed E-state index contributed by atoms with van der Waals surface area (Å²) in [5, 5.41) is 5.75. The van der Waals surface area contributed by atoms with Crippen LogP contribution in [0.25, 0.3) is 0 Å². The van der Waals surface area contributed by atoms with E-state index >= 15 is 0 Å². The van der Waals surface area contributed by atoms with Crippen LogP contribution < -0.4 is 10.6 Å². The van der Waals surface area contributed by atoms with Crippen molar-refractivity contribution >= 4 is 11.8 Å². The third kappa shape index (κ3) is 3.36. The predicted octanol–water partition coefficient (Wildman–Crippen LogP) is 0.936. The largest absolute Gasteiger partial charge is 0.354 e. The maximum Gasteiger partial charge on any atom is 0.253 e. The lowest BCUT2D eigenvalue weighted by Crippen LogP contribution is -2.31. The highest BCUT2D eigenvalue weighted by molar-refractivity contribution is 5.96. The Morgan fingerprint density at radius 2 is 2.32 bits per heavy atom. The lowest BCUT2D eigenvalue weighted by Gasteiger charge is -2.11. The molecule has 19 heavy (non-hydrogen) atoms. The van der Waals surface area contributed by atoms with Crippen molar-refractivity contribution < 1.29 is 9.59 Å². The monoisotopic (exact) mass is 263 g/mol. The van der Waals surface area contributed by atoms with Crippen molar-refractivity contribution in [3.63, 3.8) is 0 Å². The number of aromatic nitrogens is 1. The Labute approximate surface area is 113 Å². The molecular formula is C14H21N3O2. The van der Waals surface area contributed by atoms with Gasteiger partial charge in [-0.1, -0.05) is 13.8 Å². The maximum atomic E-state index is 11.8. The molecule has 104 valence electrons. The highest BCUT2D eigenvalue weighted by atomic mass is 16.2. The van der Waals surface area contributed by atoms with Gasteiger partial charge in [0.1, 0.15) is 6.54 Å². The number of hydrogen-bond acceptors (Lipinski definition) is 2. The van der Waals surface area contributed by atoms with E-state index in [2.05, 4.69) is 24.5 Å². The van der Waals surface area contributed by atoms with Crippen molar-refractivity contribution in [1.82, 2.24) is 15.2 Å². The third-order valence-electron chi connectivity index (χ3n) is 3.22. The molecule has 1 aliphatic rings. The van der Waals surface area contributed by atoms with Gasteiger partial charge in [0.25, 0.3) is 5.91 Å². The first kappa shape index (κ1) is 13.6. The summed E-state index contributed by atoms with van der Waals surface area (Å²) in [6.45, 7) is 5.80. The average molecular weight is 263 g/mol. The van der Waals surface area contributed by atoms with E-state index in [4.69, 9.17) is 0 Å². The zero-order valence-electron chi connectivity index (χ0n) is 11.5. The average Bonchev–Trinajstić information content (AvgIpc) is 2.65. The number of fused-ring (bicyclic) bond motifs is 1. The van der Waals surface area contributed by atoms with Gasteiger partial charge in [0.15, 0.2) is 0 Å². The number of nitrogens with one attached hydrogen (secondary N) is 2. The normalized spacial score (nSPS) is 14.8. The van der Waals surface area contributed by atoms with Crippen LogP contribution >= 0.6 is 0 Å². The predicted molar refractivity (Wildman–Crippen MR) is 72.9 cm³/mol. The lowest BCUT2D eigenvalue weighted by atomic mass is 10.2. The summed E-state index contributed by atoms with van der Waals surface area (Å²) in [6, 6.07) is 1.80. The smallest absolute Gasteiger partial charge is 0.253 e. The molecule has 0 radical (unpaired) electrons. The summed E-state index contributed by atoms with van der Waals surface area (Å²) < 4.78 is 1.88. The number of carbonyl (C=O) groups excluding carboxylic acids is 2. The van der Waals surface area contributed by atoms with Crippen molar-refractivity contribution in [2.75, 3.05) is 13.1 Å². The van der Waals surface area contributed by atoms with E-state index in [0.29, 0.717) is 24.6 Å². The minimum atomic E-state index is -0.0335. The van der Waals surface area contributed by atoms with Gasteiger partial charge in [-0.05, 0) is 24.8 Å². The quantitative estimate of drug-likeness (QED) is 0.849. The molecule has 0 aromatic carbocycles. The van der Waals surface area contributed by atoms with Gasteiger partial charge in [0, 0.05) is 25.0 Å². The van der Waals surface area contributed by atoms with E-state index in [-0.39, 0.29) is 18.4 Å². The first-order valence-corrected chi connectivity index (χ1v) is 6.81. The lowest BCUT2D eigenvalue weighted by molar-refractivity contribution is -0.121. The molecule has 0 aliphatic carbocycles. The molecule has 1 aliphatic heterocycles. The summed E-state index contributed by atoms with van der Waals surface area (Å²) in [5.41, 5.74) is 1.67. The van der Waals surface area contributed by atoms with E-state index < -0.39 is 0 Å². The minimum Gasteiger partial charge on any atom is -0.354 e. The summed E-state index contributed by atoms with van der Waals surface area (Å²) in [4.78, 5) is 23.6. The van der Waals surface area contributed by atoms with E-state index in [1.54, 1.807) is 6.07 Å². The molecular weight excluding hydrogens is 242 g/mol. The van der Waals surface area contributed by atoms with Crippen molar-refractivity contribution in [2.24, 2.45) is 5.92 Å². The van der Waals surface area contributed by atoms with Gasteiger partial charge in [-0.25, -0.2) is 0 Å². The molecule has 0 spiro atoms. The van der Waals surface area contributed by atoms with Gasteiger partial charge < -0.3 is 15.2 Å². The fraction of sp³-hybridized carbons (Fsp3) is 0.571. The fourth-order valence-electron chi connectivity index (χ4n) is 2.22. The number of nitrogens with zero attached hydrogens (tertiary/aromatic N) is 1.